The zero-order valence-corrected chi connectivity index (χ0v) is 14.6. The van der Waals surface area contributed by atoms with Crippen molar-refractivity contribution < 1.29 is 19.1 Å². The molecule has 4 heteroatoms. The molecular weight excluding hydrogens is 304 g/mol. The second-order valence-corrected chi connectivity index (χ2v) is 8.00. The largest absolute Gasteiger partial charge is 0.458 e. The van der Waals surface area contributed by atoms with Gasteiger partial charge in [0.2, 0.25) is 0 Å². The minimum absolute atomic E-state index is 0.0590. The molecule has 0 spiro atoms. The van der Waals surface area contributed by atoms with Crippen molar-refractivity contribution in [2.45, 2.75) is 52.4 Å². The maximum absolute atomic E-state index is 12.4. The summed E-state index contributed by atoms with van der Waals surface area (Å²) in [7, 11) is 0. The number of carbonyl (C=O) groups is 3. The molecule has 3 rings (SSSR count). The van der Waals surface area contributed by atoms with Gasteiger partial charge in [-0.25, -0.2) is 4.79 Å². The predicted octanol–water partition coefficient (Wildman–Crippen LogP) is 3.41. The fraction of sp³-hybridized carbons (Fsp3) is 0.650. The second-order valence-electron chi connectivity index (χ2n) is 8.00. The Morgan fingerprint density at radius 1 is 1.33 bits per heavy atom. The van der Waals surface area contributed by atoms with E-state index in [1.807, 2.05) is 13.0 Å². The molecule has 4 nitrogen and oxygen atoms in total. The molecule has 1 heterocycles. The average molecular weight is 330 g/mol. The molecule has 3 aliphatic rings. The highest BCUT2D eigenvalue weighted by Crippen LogP contribution is 2.60. The number of ketones is 1. The van der Waals surface area contributed by atoms with Crippen LogP contribution in [0.25, 0.3) is 0 Å². The summed E-state index contributed by atoms with van der Waals surface area (Å²) in [6.07, 6.45) is 7.19. The lowest BCUT2D eigenvalue weighted by atomic mass is 9.46. The third-order valence-electron chi connectivity index (χ3n) is 6.81. The van der Waals surface area contributed by atoms with E-state index in [-0.39, 0.29) is 29.0 Å². The second kappa shape index (κ2) is 5.98. The Hall–Kier alpha value is -1.71. The van der Waals surface area contributed by atoms with Crippen molar-refractivity contribution in [2.75, 3.05) is 6.61 Å². The van der Waals surface area contributed by atoms with Crippen molar-refractivity contribution >= 4 is 18.0 Å². The van der Waals surface area contributed by atoms with E-state index in [0.29, 0.717) is 19.4 Å². The molecule has 0 aromatic carbocycles. The van der Waals surface area contributed by atoms with Gasteiger partial charge in [0.25, 0.3) is 0 Å². The van der Waals surface area contributed by atoms with Crippen LogP contribution in [-0.4, -0.2) is 24.6 Å². The van der Waals surface area contributed by atoms with Gasteiger partial charge in [-0.15, -0.1) is 0 Å². The summed E-state index contributed by atoms with van der Waals surface area (Å²) >= 11 is 0. The smallest absolute Gasteiger partial charge is 0.334 e. The molecule has 0 bridgehead atoms. The van der Waals surface area contributed by atoms with Gasteiger partial charge in [-0.1, -0.05) is 19.1 Å². The minimum atomic E-state index is -0.877. The molecule has 130 valence electrons. The van der Waals surface area contributed by atoms with E-state index in [2.05, 4.69) is 13.5 Å². The molecule has 2 aliphatic carbocycles. The summed E-state index contributed by atoms with van der Waals surface area (Å²) in [5.74, 6) is 0.157. The molecule has 2 unspecified atom stereocenters. The van der Waals surface area contributed by atoms with Gasteiger partial charge >= 0.3 is 5.97 Å². The highest BCUT2D eigenvalue weighted by Gasteiger charge is 2.57. The van der Waals surface area contributed by atoms with Crippen molar-refractivity contribution in [3.05, 3.63) is 23.8 Å². The third-order valence-corrected chi connectivity index (χ3v) is 6.81. The number of hydrogen-bond acceptors (Lipinski definition) is 4. The molecule has 4 atom stereocenters. The van der Waals surface area contributed by atoms with Crippen molar-refractivity contribution in [1.29, 1.82) is 0 Å². The zero-order valence-electron chi connectivity index (χ0n) is 14.6. The van der Waals surface area contributed by atoms with Crippen molar-refractivity contribution in [3.63, 3.8) is 0 Å². The fourth-order valence-electron chi connectivity index (χ4n) is 5.30. The summed E-state index contributed by atoms with van der Waals surface area (Å²) in [6, 6.07) is 0. The molecule has 1 aliphatic heterocycles. The van der Waals surface area contributed by atoms with E-state index in [1.54, 1.807) is 0 Å². The van der Waals surface area contributed by atoms with Crippen LogP contribution in [0.2, 0.25) is 0 Å². The number of carbonyl (C=O) groups excluding carboxylic acids is 3. The lowest BCUT2D eigenvalue weighted by Crippen LogP contribution is -2.55. The highest BCUT2D eigenvalue weighted by molar-refractivity contribution is 5.99. The molecule has 2 fully saturated rings. The molecule has 0 radical (unpaired) electrons. The van der Waals surface area contributed by atoms with Crippen LogP contribution in [0, 0.1) is 22.7 Å². The number of rotatable bonds is 4. The van der Waals surface area contributed by atoms with Gasteiger partial charge < -0.3 is 9.53 Å². The maximum Gasteiger partial charge on any atom is 0.334 e. The normalized spacial score (nSPS) is 39.2. The minimum Gasteiger partial charge on any atom is -0.458 e. The number of allylic oxidation sites excluding steroid dienone is 1. The molecule has 2 saturated carbocycles. The Kier molecular flexibility index (Phi) is 4.27. The number of hydrogen-bond donors (Lipinski definition) is 0. The van der Waals surface area contributed by atoms with Crippen LogP contribution in [0.1, 0.15) is 52.4 Å². The molecule has 0 aromatic heterocycles. The van der Waals surface area contributed by atoms with Crippen LogP contribution in [0.3, 0.4) is 0 Å². The first-order valence-corrected chi connectivity index (χ1v) is 8.86. The fourth-order valence-corrected chi connectivity index (χ4v) is 5.30. The van der Waals surface area contributed by atoms with Crippen molar-refractivity contribution in [1.82, 2.24) is 0 Å². The summed E-state index contributed by atoms with van der Waals surface area (Å²) in [5.41, 5.74) is 0.960. The SMILES string of the molecule is C=C1CCC2[C@@](C)(CCC(=O)[C@@]2(C)C=O)C1CCC1=CCOC1=O. The Morgan fingerprint density at radius 2 is 2.08 bits per heavy atom. The summed E-state index contributed by atoms with van der Waals surface area (Å²) in [4.78, 5) is 35.9. The molecule has 0 N–H and O–H groups in total. The van der Waals surface area contributed by atoms with Gasteiger partial charge in [0.1, 0.15) is 18.7 Å². The van der Waals surface area contributed by atoms with Gasteiger partial charge in [0.15, 0.2) is 0 Å². The van der Waals surface area contributed by atoms with E-state index in [4.69, 9.17) is 4.74 Å². The first-order chi connectivity index (χ1) is 11.3. The van der Waals surface area contributed by atoms with Gasteiger partial charge in [-0.3, -0.25) is 4.79 Å². The Morgan fingerprint density at radius 3 is 2.71 bits per heavy atom. The monoisotopic (exact) mass is 330 g/mol. The first kappa shape index (κ1) is 17.1. The van der Waals surface area contributed by atoms with E-state index in [0.717, 1.165) is 37.5 Å². The molecule has 0 saturated heterocycles. The van der Waals surface area contributed by atoms with Crippen LogP contribution in [0.15, 0.2) is 23.8 Å². The first-order valence-electron chi connectivity index (χ1n) is 8.86. The summed E-state index contributed by atoms with van der Waals surface area (Å²) in [5, 5.41) is 0. The predicted molar refractivity (Wildman–Crippen MR) is 90.1 cm³/mol. The Labute approximate surface area is 143 Å². The molecular formula is C20H26O4. The van der Waals surface area contributed by atoms with Crippen molar-refractivity contribution in [3.8, 4) is 0 Å². The van der Waals surface area contributed by atoms with Crippen LogP contribution in [0.4, 0.5) is 0 Å². The highest BCUT2D eigenvalue weighted by atomic mass is 16.5. The van der Waals surface area contributed by atoms with Crippen LogP contribution in [-0.2, 0) is 19.1 Å². The van der Waals surface area contributed by atoms with Gasteiger partial charge in [-0.2, -0.15) is 0 Å². The quantitative estimate of drug-likeness (QED) is 0.343. The van der Waals surface area contributed by atoms with Gasteiger partial charge in [0.05, 0.1) is 5.41 Å². The maximum atomic E-state index is 12.4. The number of Topliss-reactive ketones (excluding diaryl/α,β-unsaturated/α-hetero) is 1. The topological polar surface area (TPSA) is 60.4 Å². The van der Waals surface area contributed by atoms with E-state index in [1.165, 1.54) is 5.57 Å². The van der Waals surface area contributed by atoms with Gasteiger partial charge in [-0.05, 0) is 62.4 Å². The standard InChI is InChI=1S/C20H26O4/c1-13-4-7-16-19(2,10-8-17(22)20(16,3)12-21)15(13)6-5-14-9-11-24-18(14)23/h9,12,15-16H,1,4-8,10-11H2,2-3H3/t15?,16?,19-,20-/m0/s1. The number of fused-ring (bicyclic) bond motifs is 1. The van der Waals surface area contributed by atoms with Gasteiger partial charge in [0, 0.05) is 12.0 Å². The van der Waals surface area contributed by atoms with E-state index in [9.17, 15) is 14.4 Å². The molecule has 0 amide bonds. The number of ether oxygens (including phenoxy) is 1. The number of cyclic esters (lactones) is 1. The number of aldehydes is 1. The zero-order chi connectivity index (χ0) is 17.5. The Bertz CT molecular complexity index is 632. The lowest BCUT2D eigenvalue weighted by Gasteiger charge is -2.56. The number of esters is 1. The van der Waals surface area contributed by atoms with Crippen LogP contribution in [0.5, 0.6) is 0 Å². The third kappa shape index (κ3) is 2.47. The van der Waals surface area contributed by atoms with Crippen LogP contribution >= 0.6 is 0 Å². The van der Waals surface area contributed by atoms with Crippen LogP contribution < -0.4 is 0 Å². The lowest BCUT2D eigenvalue weighted by molar-refractivity contribution is -0.151. The van der Waals surface area contributed by atoms with Crippen molar-refractivity contribution in [2.24, 2.45) is 22.7 Å². The van der Waals surface area contributed by atoms with E-state index >= 15 is 0 Å². The summed E-state index contributed by atoms with van der Waals surface area (Å²) < 4.78 is 4.98. The molecule has 24 heavy (non-hydrogen) atoms. The Balaban J connectivity index is 1.85. The van der Waals surface area contributed by atoms with E-state index < -0.39 is 5.41 Å². The summed E-state index contributed by atoms with van der Waals surface area (Å²) in [6.45, 7) is 8.67. The average Bonchev–Trinajstić information content (AvgIpc) is 2.96. The molecule has 0 aromatic rings.